The van der Waals surface area contributed by atoms with E-state index in [2.05, 4.69) is 9.82 Å². The first-order valence-electron chi connectivity index (χ1n) is 5.54. The molecular weight excluding hydrogens is 282 g/mol. The topological polar surface area (TPSA) is 133 Å². The van der Waals surface area contributed by atoms with Gasteiger partial charge in [-0.05, 0) is 31.3 Å². The molecule has 0 fully saturated rings. The number of aromatic nitrogens is 2. The Labute approximate surface area is 115 Å². The van der Waals surface area contributed by atoms with Crippen molar-refractivity contribution in [3.63, 3.8) is 0 Å². The molecule has 0 unspecified atom stereocenters. The van der Waals surface area contributed by atoms with Crippen LogP contribution in [0.3, 0.4) is 0 Å². The van der Waals surface area contributed by atoms with Gasteiger partial charge in [-0.1, -0.05) is 0 Å². The van der Waals surface area contributed by atoms with Crippen LogP contribution in [0.25, 0.3) is 5.69 Å². The molecule has 8 nitrogen and oxygen atoms in total. The number of amides is 1. The quantitative estimate of drug-likeness (QED) is 0.696. The number of hydrogen-bond acceptors (Lipinski definition) is 5. The molecule has 9 heteroatoms. The van der Waals surface area contributed by atoms with Crippen molar-refractivity contribution in [2.45, 2.75) is 4.90 Å². The molecule has 2 aromatic rings. The monoisotopic (exact) mass is 295 g/mol. The highest BCUT2D eigenvalue weighted by Crippen LogP contribution is 2.16. The third-order valence-corrected chi connectivity index (χ3v) is 4.09. The summed E-state index contributed by atoms with van der Waals surface area (Å²) >= 11 is 0. The van der Waals surface area contributed by atoms with Gasteiger partial charge < -0.3 is 11.5 Å². The molecule has 1 aromatic carbocycles. The maximum Gasteiger partial charge on any atom is 0.271 e. The normalized spacial score (nSPS) is 11.4. The summed E-state index contributed by atoms with van der Waals surface area (Å²) in [5, 5.41) is 3.94. The third kappa shape index (κ3) is 2.49. The lowest BCUT2D eigenvalue weighted by atomic mass is 10.3. The fraction of sp³-hybridized carbons (Fsp3) is 0.0909. The van der Waals surface area contributed by atoms with Gasteiger partial charge in [0.25, 0.3) is 5.91 Å². The number of carbonyl (C=O) groups excluding carboxylic acids is 1. The third-order valence-electron chi connectivity index (χ3n) is 2.66. The number of hydrogen-bond donors (Lipinski definition) is 3. The van der Waals surface area contributed by atoms with E-state index in [0.29, 0.717) is 5.69 Å². The predicted octanol–water partition coefficient (Wildman–Crippen LogP) is -0.538. The summed E-state index contributed by atoms with van der Waals surface area (Å²) < 4.78 is 26.7. The Hall–Kier alpha value is -2.39. The van der Waals surface area contributed by atoms with E-state index in [4.69, 9.17) is 11.5 Å². The van der Waals surface area contributed by atoms with Gasteiger partial charge in [-0.25, -0.2) is 17.8 Å². The second kappa shape index (κ2) is 4.94. The molecule has 1 aromatic heterocycles. The number of nitrogens with two attached hydrogens (primary N) is 2. The van der Waals surface area contributed by atoms with Gasteiger partial charge in [0.15, 0.2) is 5.69 Å². The highest BCUT2D eigenvalue weighted by atomic mass is 32.2. The van der Waals surface area contributed by atoms with E-state index in [1.807, 2.05) is 0 Å². The molecule has 0 aliphatic rings. The molecule has 20 heavy (non-hydrogen) atoms. The van der Waals surface area contributed by atoms with Crippen LogP contribution in [0.15, 0.2) is 35.4 Å². The number of rotatable bonds is 4. The second-order valence-corrected chi connectivity index (χ2v) is 5.83. The molecule has 0 radical (unpaired) electrons. The molecule has 0 spiro atoms. The average Bonchev–Trinajstić information content (AvgIpc) is 2.81. The Morgan fingerprint density at radius 2 is 1.90 bits per heavy atom. The lowest BCUT2D eigenvalue weighted by molar-refractivity contribution is 0.0996. The number of sulfonamides is 1. The van der Waals surface area contributed by atoms with Crippen molar-refractivity contribution in [1.82, 2.24) is 14.5 Å². The zero-order valence-electron chi connectivity index (χ0n) is 10.6. The lowest BCUT2D eigenvalue weighted by Gasteiger charge is -2.04. The van der Waals surface area contributed by atoms with Crippen molar-refractivity contribution < 1.29 is 13.2 Å². The van der Waals surface area contributed by atoms with Gasteiger partial charge in [0, 0.05) is 0 Å². The Morgan fingerprint density at radius 1 is 1.30 bits per heavy atom. The number of carbonyl (C=O) groups is 1. The largest absolute Gasteiger partial charge is 0.396 e. The van der Waals surface area contributed by atoms with Crippen LogP contribution in [0.2, 0.25) is 0 Å². The number of nitrogens with one attached hydrogen (secondary N) is 1. The molecule has 0 bridgehead atoms. The number of nitrogens with zero attached hydrogens (tertiary/aromatic N) is 2. The van der Waals surface area contributed by atoms with Crippen molar-refractivity contribution in [3.8, 4) is 5.69 Å². The molecule has 0 aliphatic carbocycles. The summed E-state index contributed by atoms with van der Waals surface area (Å²) in [4.78, 5) is 11.2. The first-order valence-corrected chi connectivity index (χ1v) is 7.02. The minimum Gasteiger partial charge on any atom is -0.396 e. The standard InChI is InChI=1S/C11H13N5O3S/c1-14-20(18,19)8-4-2-7(3-5-8)16-6-9(12)10(15-16)11(13)17/h2-6,14H,12H2,1H3,(H2,13,17). The maximum absolute atomic E-state index is 11.6. The maximum atomic E-state index is 11.6. The first kappa shape index (κ1) is 14.0. The van der Waals surface area contributed by atoms with Gasteiger partial charge in [-0.2, -0.15) is 5.10 Å². The molecular formula is C11H13N5O3S. The molecule has 1 heterocycles. The Morgan fingerprint density at radius 3 is 2.35 bits per heavy atom. The highest BCUT2D eigenvalue weighted by Gasteiger charge is 2.14. The summed E-state index contributed by atoms with van der Waals surface area (Å²) in [5.74, 6) is -0.726. The van der Waals surface area contributed by atoms with Gasteiger partial charge in [-0.3, -0.25) is 4.79 Å². The number of nitrogen functional groups attached to an aromatic ring is 1. The lowest BCUT2D eigenvalue weighted by Crippen LogP contribution is -2.18. The van der Waals surface area contributed by atoms with Crippen LogP contribution in [-0.2, 0) is 10.0 Å². The summed E-state index contributed by atoms with van der Waals surface area (Å²) in [6, 6.07) is 5.93. The van der Waals surface area contributed by atoms with Crippen LogP contribution >= 0.6 is 0 Å². The number of benzene rings is 1. The minimum atomic E-state index is -3.49. The van der Waals surface area contributed by atoms with Gasteiger partial charge >= 0.3 is 0 Å². The summed E-state index contributed by atoms with van der Waals surface area (Å²) in [7, 11) is -2.16. The van der Waals surface area contributed by atoms with E-state index in [0.717, 1.165) is 0 Å². The van der Waals surface area contributed by atoms with Crippen molar-refractivity contribution in [2.75, 3.05) is 12.8 Å². The van der Waals surface area contributed by atoms with Crippen molar-refractivity contribution in [3.05, 3.63) is 36.2 Å². The Balaban J connectivity index is 2.40. The van der Waals surface area contributed by atoms with Crippen LogP contribution in [0.1, 0.15) is 10.5 Å². The van der Waals surface area contributed by atoms with E-state index in [1.165, 1.54) is 30.1 Å². The summed E-state index contributed by atoms with van der Waals surface area (Å²) in [5.41, 5.74) is 11.4. The van der Waals surface area contributed by atoms with E-state index < -0.39 is 15.9 Å². The average molecular weight is 295 g/mol. The molecule has 1 amide bonds. The van der Waals surface area contributed by atoms with Crippen LogP contribution in [0.4, 0.5) is 5.69 Å². The molecule has 2 rings (SSSR count). The molecule has 0 atom stereocenters. The van der Waals surface area contributed by atoms with Crippen LogP contribution in [-0.4, -0.2) is 31.2 Å². The van der Waals surface area contributed by atoms with Gasteiger partial charge in [-0.15, -0.1) is 0 Å². The Kier molecular flexibility index (Phi) is 3.47. The SMILES string of the molecule is CNS(=O)(=O)c1ccc(-n2cc(N)c(C(N)=O)n2)cc1. The number of anilines is 1. The molecule has 5 N–H and O–H groups in total. The fourth-order valence-electron chi connectivity index (χ4n) is 1.61. The molecule has 106 valence electrons. The van der Waals surface area contributed by atoms with E-state index in [9.17, 15) is 13.2 Å². The van der Waals surface area contributed by atoms with Gasteiger partial charge in [0.2, 0.25) is 10.0 Å². The molecule has 0 aliphatic heterocycles. The molecule has 0 saturated heterocycles. The van der Waals surface area contributed by atoms with Crippen LogP contribution < -0.4 is 16.2 Å². The predicted molar refractivity (Wildman–Crippen MR) is 72.7 cm³/mol. The highest BCUT2D eigenvalue weighted by molar-refractivity contribution is 7.89. The van der Waals surface area contributed by atoms with E-state index in [1.54, 1.807) is 12.1 Å². The van der Waals surface area contributed by atoms with Crippen molar-refractivity contribution >= 4 is 21.6 Å². The number of primary amides is 1. The van der Waals surface area contributed by atoms with Crippen molar-refractivity contribution in [2.24, 2.45) is 5.73 Å². The molecule has 0 saturated carbocycles. The van der Waals surface area contributed by atoms with Crippen molar-refractivity contribution in [1.29, 1.82) is 0 Å². The van der Waals surface area contributed by atoms with Gasteiger partial charge in [0.1, 0.15) is 0 Å². The zero-order chi connectivity index (χ0) is 14.9. The zero-order valence-corrected chi connectivity index (χ0v) is 11.4. The Bertz CT molecular complexity index is 749. The van der Waals surface area contributed by atoms with Crippen LogP contribution in [0.5, 0.6) is 0 Å². The summed E-state index contributed by atoms with van der Waals surface area (Å²) in [6.45, 7) is 0. The van der Waals surface area contributed by atoms with Crippen LogP contribution in [0, 0.1) is 0 Å². The summed E-state index contributed by atoms with van der Waals surface area (Å²) in [6.07, 6.45) is 1.43. The van der Waals surface area contributed by atoms with Gasteiger partial charge in [0.05, 0.1) is 22.5 Å². The fourth-order valence-corrected chi connectivity index (χ4v) is 2.34. The smallest absolute Gasteiger partial charge is 0.271 e. The second-order valence-electron chi connectivity index (χ2n) is 3.94. The first-order chi connectivity index (χ1) is 9.35. The van der Waals surface area contributed by atoms with E-state index >= 15 is 0 Å². The van der Waals surface area contributed by atoms with E-state index in [-0.39, 0.29) is 16.3 Å². The minimum absolute atomic E-state index is 0.0306.